The predicted octanol–water partition coefficient (Wildman–Crippen LogP) is 1.54. The molecule has 1 saturated carbocycles. The number of anilines is 2. The zero-order chi connectivity index (χ0) is 13.4. The second kappa shape index (κ2) is 4.38. The molecule has 98 valence electrons. The molecule has 2 aromatic heterocycles. The summed E-state index contributed by atoms with van der Waals surface area (Å²) < 4.78 is 0. The van der Waals surface area contributed by atoms with Crippen LogP contribution in [0.15, 0.2) is 24.5 Å². The van der Waals surface area contributed by atoms with Crippen LogP contribution in [0, 0.1) is 0 Å². The van der Waals surface area contributed by atoms with E-state index in [0.29, 0.717) is 17.3 Å². The van der Waals surface area contributed by atoms with Crippen molar-refractivity contribution in [2.24, 2.45) is 0 Å². The van der Waals surface area contributed by atoms with Crippen LogP contribution in [0.5, 0.6) is 0 Å². The first-order valence-corrected chi connectivity index (χ1v) is 6.20. The molecule has 1 fully saturated rings. The van der Waals surface area contributed by atoms with Crippen LogP contribution in [-0.4, -0.2) is 28.1 Å². The normalized spacial score (nSPS) is 14.4. The third-order valence-electron chi connectivity index (χ3n) is 3.38. The van der Waals surface area contributed by atoms with Crippen LogP contribution in [0.1, 0.15) is 34.9 Å². The smallest absolute Gasteiger partial charge is 0.280 e. The summed E-state index contributed by atoms with van der Waals surface area (Å²) in [6, 6.07) is 3.53. The molecule has 1 amide bonds. The van der Waals surface area contributed by atoms with E-state index in [0.717, 1.165) is 24.2 Å². The minimum atomic E-state index is -0.216. The minimum Gasteiger partial charge on any atom is -0.395 e. The maximum absolute atomic E-state index is 12.4. The molecule has 0 saturated heterocycles. The quantitative estimate of drug-likeness (QED) is 0.873. The van der Waals surface area contributed by atoms with Crippen LogP contribution in [0.2, 0.25) is 0 Å². The Morgan fingerprint density at radius 1 is 1.42 bits per heavy atom. The summed E-state index contributed by atoms with van der Waals surface area (Å²) in [6.07, 6.45) is 5.51. The number of amides is 1. The van der Waals surface area contributed by atoms with Gasteiger partial charge >= 0.3 is 0 Å². The highest BCUT2D eigenvalue weighted by Gasteiger charge is 2.31. The number of nitrogens with zero attached hydrogens (tertiary/aromatic N) is 3. The number of hydrogen-bond donors (Lipinski definition) is 2. The minimum absolute atomic E-state index is 0.216. The maximum atomic E-state index is 12.4. The Balaban J connectivity index is 1.87. The van der Waals surface area contributed by atoms with E-state index in [-0.39, 0.29) is 5.91 Å². The molecule has 0 aromatic carbocycles. The standard InChI is InChI=1S/C13H15N5O/c1-18(9-4-6-15-7-5-9)13(19)12-10(14)11(16-17-12)8-2-3-8/h4-8H,2-3,14H2,1H3,(H,16,17). The molecular formula is C13H15N5O. The highest BCUT2D eigenvalue weighted by atomic mass is 16.2. The second-order valence-electron chi connectivity index (χ2n) is 4.74. The van der Waals surface area contributed by atoms with Gasteiger partial charge in [0, 0.05) is 31.0 Å². The summed E-state index contributed by atoms with van der Waals surface area (Å²) in [6.45, 7) is 0. The van der Waals surface area contributed by atoms with Crippen LogP contribution in [0.25, 0.3) is 0 Å². The molecule has 0 spiro atoms. The van der Waals surface area contributed by atoms with Gasteiger partial charge in [-0.05, 0) is 25.0 Å². The van der Waals surface area contributed by atoms with E-state index in [4.69, 9.17) is 5.73 Å². The molecule has 19 heavy (non-hydrogen) atoms. The van der Waals surface area contributed by atoms with Crippen molar-refractivity contribution < 1.29 is 4.79 Å². The van der Waals surface area contributed by atoms with E-state index in [1.807, 2.05) is 0 Å². The van der Waals surface area contributed by atoms with Crippen LogP contribution >= 0.6 is 0 Å². The first-order chi connectivity index (χ1) is 9.18. The molecule has 0 radical (unpaired) electrons. The number of nitrogens with one attached hydrogen (secondary N) is 1. The fourth-order valence-corrected chi connectivity index (χ4v) is 2.05. The van der Waals surface area contributed by atoms with E-state index in [1.54, 1.807) is 31.6 Å². The first kappa shape index (κ1) is 11.7. The highest BCUT2D eigenvalue weighted by Crippen LogP contribution is 2.42. The summed E-state index contributed by atoms with van der Waals surface area (Å²) in [5.74, 6) is 0.229. The molecule has 0 aliphatic heterocycles. The van der Waals surface area contributed by atoms with Crippen molar-refractivity contribution in [2.45, 2.75) is 18.8 Å². The number of H-pyrrole nitrogens is 1. The lowest BCUT2D eigenvalue weighted by Gasteiger charge is -2.15. The van der Waals surface area contributed by atoms with E-state index < -0.39 is 0 Å². The van der Waals surface area contributed by atoms with Gasteiger partial charge in [0.1, 0.15) is 0 Å². The van der Waals surface area contributed by atoms with Gasteiger partial charge in [-0.3, -0.25) is 14.9 Å². The molecule has 6 heteroatoms. The second-order valence-corrected chi connectivity index (χ2v) is 4.74. The molecule has 1 aliphatic rings. The Bertz CT molecular complexity index is 603. The third kappa shape index (κ3) is 2.05. The Morgan fingerprint density at radius 2 is 2.11 bits per heavy atom. The molecule has 6 nitrogen and oxygen atoms in total. The summed E-state index contributed by atoms with van der Waals surface area (Å²) in [5, 5.41) is 6.96. The molecule has 0 bridgehead atoms. The highest BCUT2D eigenvalue weighted by molar-refractivity contribution is 6.07. The first-order valence-electron chi connectivity index (χ1n) is 6.20. The van der Waals surface area contributed by atoms with Gasteiger partial charge in [-0.2, -0.15) is 5.10 Å². The SMILES string of the molecule is CN(C(=O)c1n[nH]c(C2CC2)c1N)c1ccncc1. The number of aromatic amines is 1. The van der Waals surface area contributed by atoms with Gasteiger partial charge in [0.25, 0.3) is 5.91 Å². The Labute approximate surface area is 110 Å². The van der Waals surface area contributed by atoms with Crippen LogP contribution in [0.4, 0.5) is 11.4 Å². The fourth-order valence-electron chi connectivity index (χ4n) is 2.05. The number of hydrogen-bond acceptors (Lipinski definition) is 4. The zero-order valence-electron chi connectivity index (χ0n) is 10.6. The summed E-state index contributed by atoms with van der Waals surface area (Å²) in [7, 11) is 1.70. The fraction of sp³-hybridized carbons (Fsp3) is 0.308. The molecular weight excluding hydrogens is 242 g/mol. The van der Waals surface area contributed by atoms with Gasteiger partial charge < -0.3 is 10.6 Å². The largest absolute Gasteiger partial charge is 0.395 e. The molecule has 3 rings (SSSR count). The lowest BCUT2D eigenvalue weighted by Crippen LogP contribution is -2.27. The Kier molecular flexibility index (Phi) is 2.70. The number of aromatic nitrogens is 3. The zero-order valence-corrected chi connectivity index (χ0v) is 10.6. The summed E-state index contributed by atoms with van der Waals surface area (Å²) in [5.41, 5.74) is 8.43. The Hall–Kier alpha value is -2.37. The van der Waals surface area contributed by atoms with Crippen molar-refractivity contribution in [1.82, 2.24) is 15.2 Å². The summed E-state index contributed by atoms with van der Waals surface area (Å²) in [4.78, 5) is 17.8. The predicted molar refractivity (Wildman–Crippen MR) is 71.9 cm³/mol. The summed E-state index contributed by atoms with van der Waals surface area (Å²) >= 11 is 0. The Morgan fingerprint density at radius 3 is 2.74 bits per heavy atom. The number of carbonyl (C=O) groups is 1. The van der Waals surface area contributed by atoms with Crippen molar-refractivity contribution in [3.8, 4) is 0 Å². The van der Waals surface area contributed by atoms with Gasteiger partial charge in [-0.15, -0.1) is 0 Å². The van der Waals surface area contributed by atoms with Gasteiger partial charge in [-0.1, -0.05) is 0 Å². The topological polar surface area (TPSA) is 87.9 Å². The lowest BCUT2D eigenvalue weighted by atomic mass is 10.2. The average molecular weight is 257 g/mol. The van der Waals surface area contributed by atoms with E-state index >= 15 is 0 Å². The number of carbonyl (C=O) groups excluding carboxylic acids is 1. The molecule has 0 unspecified atom stereocenters. The van der Waals surface area contributed by atoms with Gasteiger partial charge in [0.05, 0.1) is 11.4 Å². The van der Waals surface area contributed by atoms with Crippen LogP contribution < -0.4 is 10.6 Å². The molecule has 1 aliphatic carbocycles. The van der Waals surface area contributed by atoms with E-state index in [9.17, 15) is 4.79 Å². The van der Waals surface area contributed by atoms with Gasteiger partial charge in [-0.25, -0.2) is 0 Å². The van der Waals surface area contributed by atoms with Crippen molar-refractivity contribution in [2.75, 3.05) is 17.7 Å². The average Bonchev–Trinajstić information content (AvgIpc) is 3.21. The van der Waals surface area contributed by atoms with Crippen LogP contribution in [0.3, 0.4) is 0 Å². The number of pyridine rings is 1. The van der Waals surface area contributed by atoms with Crippen molar-refractivity contribution in [3.63, 3.8) is 0 Å². The van der Waals surface area contributed by atoms with E-state index in [2.05, 4.69) is 15.2 Å². The third-order valence-corrected chi connectivity index (χ3v) is 3.38. The molecule has 2 aromatic rings. The van der Waals surface area contributed by atoms with Crippen LogP contribution in [-0.2, 0) is 0 Å². The van der Waals surface area contributed by atoms with Gasteiger partial charge in [0.15, 0.2) is 5.69 Å². The maximum Gasteiger partial charge on any atom is 0.280 e. The number of nitrogens with two attached hydrogens (primary N) is 1. The number of nitrogen functional groups attached to an aromatic ring is 1. The van der Waals surface area contributed by atoms with Crippen molar-refractivity contribution in [1.29, 1.82) is 0 Å². The molecule has 2 heterocycles. The van der Waals surface area contributed by atoms with Gasteiger partial charge in [0.2, 0.25) is 0 Å². The monoisotopic (exact) mass is 257 g/mol. The number of rotatable bonds is 3. The lowest BCUT2D eigenvalue weighted by molar-refractivity contribution is 0.0989. The molecule has 3 N–H and O–H groups in total. The molecule has 0 atom stereocenters. The van der Waals surface area contributed by atoms with E-state index in [1.165, 1.54) is 4.90 Å². The van der Waals surface area contributed by atoms with Crippen molar-refractivity contribution >= 4 is 17.3 Å². The van der Waals surface area contributed by atoms with Crippen molar-refractivity contribution in [3.05, 3.63) is 35.9 Å².